The van der Waals surface area contributed by atoms with E-state index in [2.05, 4.69) is 46.4 Å². The standard InChI is InChI=1S/C27H39N5O/c1-6-29-26(32-18-21(16-17-28-5)23-14-10-11-15-24(23)32)25(19(2)3)30-20(4)27(33)31-22-12-8-7-9-13-22/h6,10-11,14-15,21-22,28H,2,7-9,12-13,16-18H2,1,3-5H3,(H,31,33)/b26-25-,29-6-,30-20+. The highest BCUT2D eigenvalue weighted by molar-refractivity contribution is 6.38. The molecule has 1 saturated carbocycles. The molecule has 178 valence electrons. The molecule has 0 aromatic heterocycles. The Kier molecular flexibility index (Phi) is 9.01. The minimum Gasteiger partial charge on any atom is -0.348 e. The van der Waals surface area contributed by atoms with E-state index in [0.29, 0.717) is 17.3 Å². The molecule has 1 heterocycles. The molecule has 1 aromatic rings. The molecule has 1 aliphatic heterocycles. The second-order valence-electron chi connectivity index (χ2n) is 9.10. The van der Waals surface area contributed by atoms with Gasteiger partial charge in [0, 0.05) is 30.4 Å². The zero-order valence-corrected chi connectivity index (χ0v) is 20.7. The summed E-state index contributed by atoms with van der Waals surface area (Å²) in [4.78, 5) is 24.6. The van der Waals surface area contributed by atoms with E-state index < -0.39 is 0 Å². The monoisotopic (exact) mass is 449 g/mol. The number of aliphatic imine (C=N–C) groups is 2. The summed E-state index contributed by atoms with van der Waals surface area (Å²) in [5.74, 6) is 1.05. The lowest BCUT2D eigenvalue weighted by molar-refractivity contribution is -0.115. The number of fused-ring (bicyclic) bond motifs is 1. The lowest BCUT2D eigenvalue weighted by Gasteiger charge is -2.24. The predicted octanol–water partition coefficient (Wildman–Crippen LogP) is 4.95. The Labute approximate surface area is 199 Å². The van der Waals surface area contributed by atoms with Gasteiger partial charge in [0.15, 0.2) is 5.82 Å². The van der Waals surface area contributed by atoms with E-state index in [4.69, 9.17) is 9.98 Å². The number of hydrogen-bond donors (Lipinski definition) is 2. The molecule has 1 aliphatic carbocycles. The lowest BCUT2D eigenvalue weighted by atomic mass is 9.95. The summed E-state index contributed by atoms with van der Waals surface area (Å²) < 4.78 is 0. The molecule has 1 atom stereocenters. The van der Waals surface area contributed by atoms with Gasteiger partial charge < -0.3 is 15.5 Å². The van der Waals surface area contributed by atoms with Crippen LogP contribution in [0.1, 0.15) is 70.8 Å². The Hall–Kier alpha value is -2.73. The van der Waals surface area contributed by atoms with Crippen LogP contribution in [0.15, 0.2) is 57.9 Å². The van der Waals surface area contributed by atoms with Gasteiger partial charge >= 0.3 is 0 Å². The molecule has 33 heavy (non-hydrogen) atoms. The molecule has 1 aromatic carbocycles. The van der Waals surface area contributed by atoms with E-state index in [1.165, 1.54) is 24.8 Å². The summed E-state index contributed by atoms with van der Waals surface area (Å²) in [7, 11) is 1.99. The van der Waals surface area contributed by atoms with Crippen LogP contribution in [0.4, 0.5) is 5.69 Å². The van der Waals surface area contributed by atoms with Crippen LogP contribution in [0.3, 0.4) is 0 Å². The van der Waals surface area contributed by atoms with Crippen molar-refractivity contribution in [2.45, 2.75) is 71.3 Å². The first kappa shape index (κ1) is 24.9. The highest BCUT2D eigenvalue weighted by Crippen LogP contribution is 2.41. The average Bonchev–Trinajstić information content (AvgIpc) is 3.18. The van der Waals surface area contributed by atoms with Crippen molar-refractivity contribution >= 4 is 23.5 Å². The topological polar surface area (TPSA) is 69.1 Å². The van der Waals surface area contributed by atoms with Crippen LogP contribution in [-0.4, -0.2) is 44.0 Å². The van der Waals surface area contributed by atoms with Crippen molar-refractivity contribution in [3.05, 3.63) is 53.5 Å². The van der Waals surface area contributed by atoms with E-state index in [1.807, 2.05) is 20.9 Å². The zero-order chi connectivity index (χ0) is 23.8. The minimum absolute atomic E-state index is 0.103. The van der Waals surface area contributed by atoms with Crippen LogP contribution in [0, 0.1) is 0 Å². The van der Waals surface area contributed by atoms with Crippen molar-refractivity contribution in [3.8, 4) is 0 Å². The molecule has 2 aliphatic rings. The summed E-state index contributed by atoms with van der Waals surface area (Å²) in [6.45, 7) is 11.6. The van der Waals surface area contributed by atoms with Crippen molar-refractivity contribution in [3.63, 3.8) is 0 Å². The van der Waals surface area contributed by atoms with Gasteiger partial charge in [-0.3, -0.25) is 4.79 Å². The van der Waals surface area contributed by atoms with Gasteiger partial charge in [0.1, 0.15) is 11.4 Å². The maximum absolute atomic E-state index is 12.9. The first-order valence-electron chi connectivity index (χ1n) is 12.2. The van der Waals surface area contributed by atoms with Gasteiger partial charge in [0.2, 0.25) is 0 Å². The molecule has 0 saturated heterocycles. The Morgan fingerprint density at radius 1 is 1.21 bits per heavy atom. The third-order valence-corrected chi connectivity index (χ3v) is 6.48. The van der Waals surface area contributed by atoms with Crippen LogP contribution in [-0.2, 0) is 4.79 Å². The van der Waals surface area contributed by atoms with Crippen molar-refractivity contribution in [1.82, 2.24) is 10.6 Å². The van der Waals surface area contributed by atoms with Gasteiger partial charge in [-0.05, 0) is 70.8 Å². The number of allylic oxidation sites excluding steroid dienone is 1. The summed E-state index contributed by atoms with van der Waals surface area (Å²) >= 11 is 0. The molecule has 1 fully saturated rings. The molecule has 0 bridgehead atoms. The van der Waals surface area contributed by atoms with Gasteiger partial charge in [-0.15, -0.1) is 0 Å². The molecule has 0 radical (unpaired) electrons. The molecule has 2 N–H and O–H groups in total. The number of anilines is 1. The largest absolute Gasteiger partial charge is 0.348 e. The number of nitrogens with one attached hydrogen (secondary N) is 2. The Morgan fingerprint density at radius 2 is 1.94 bits per heavy atom. The number of carbonyl (C=O) groups is 1. The Balaban J connectivity index is 1.95. The minimum atomic E-state index is -0.103. The highest BCUT2D eigenvalue weighted by atomic mass is 16.1. The van der Waals surface area contributed by atoms with Crippen LogP contribution in [0.25, 0.3) is 0 Å². The third-order valence-electron chi connectivity index (χ3n) is 6.48. The lowest BCUT2D eigenvalue weighted by Crippen LogP contribution is -2.39. The second kappa shape index (κ2) is 11.9. The molecule has 1 unspecified atom stereocenters. The summed E-state index contributed by atoms with van der Waals surface area (Å²) in [5, 5.41) is 6.44. The van der Waals surface area contributed by atoms with Crippen molar-refractivity contribution in [2.24, 2.45) is 9.98 Å². The maximum atomic E-state index is 12.9. The summed E-state index contributed by atoms with van der Waals surface area (Å²) in [5.41, 5.74) is 4.37. The first-order chi connectivity index (χ1) is 16.0. The third kappa shape index (κ3) is 6.20. The van der Waals surface area contributed by atoms with Gasteiger partial charge in [-0.1, -0.05) is 44.0 Å². The molecule has 3 rings (SSSR count). The number of benzene rings is 1. The second-order valence-corrected chi connectivity index (χ2v) is 9.10. The number of para-hydroxylation sites is 1. The van der Waals surface area contributed by atoms with Crippen molar-refractivity contribution < 1.29 is 4.79 Å². The Bertz CT molecular complexity index is 940. The predicted molar refractivity (Wildman–Crippen MR) is 139 cm³/mol. The number of carbonyl (C=O) groups excluding carboxylic acids is 1. The summed E-state index contributed by atoms with van der Waals surface area (Å²) in [6, 6.07) is 8.75. The average molecular weight is 450 g/mol. The van der Waals surface area contributed by atoms with Gasteiger partial charge in [-0.2, -0.15) is 0 Å². The van der Waals surface area contributed by atoms with Crippen LogP contribution in [0.2, 0.25) is 0 Å². The molecule has 6 nitrogen and oxygen atoms in total. The smallest absolute Gasteiger partial charge is 0.265 e. The van der Waals surface area contributed by atoms with E-state index in [9.17, 15) is 4.79 Å². The van der Waals surface area contributed by atoms with E-state index in [0.717, 1.165) is 49.4 Å². The van der Waals surface area contributed by atoms with E-state index >= 15 is 0 Å². The van der Waals surface area contributed by atoms with Crippen LogP contribution >= 0.6 is 0 Å². The van der Waals surface area contributed by atoms with Crippen molar-refractivity contribution in [2.75, 3.05) is 25.0 Å². The summed E-state index contributed by atoms with van der Waals surface area (Å²) in [6.07, 6.45) is 8.54. The zero-order valence-electron chi connectivity index (χ0n) is 20.7. The fraction of sp³-hybridized carbons (Fsp3) is 0.519. The van der Waals surface area contributed by atoms with E-state index in [-0.39, 0.29) is 11.9 Å². The molecular formula is C27H39N5O. The molecule has 0 spiro atoms. The quantitative estimate of drug-likeness (QED) is 0.414. The Morgan fingerprint density at radius 3 is 2.61 bits per heavy atom. The molecule has 6 heteroatoms. The van der Waals surface area contributed by atoms with Gasteiger partial charge in [-0.25, -0.2) is 9.98 Å². The number of amides is 1. The number of nitrogens with zero attached hydrogens (tertiary/aromatic N) is 3. The van der Waals surface area contributed by atoms with Crippen molar-refractivity contribution in [1.29, 1.82) is 0 Å². The highest BCUT2D eigenvalue weighted by Gasteiger charge is 2.31. The number of hydrogen-bond acceptors (Lipinski definition) is 5. The van der Waals surface area contributed by atoms with E-state index in [1.54, 1.807) is 13.1 Å². The van der Waals surface area contributed by atoms with Gasteiger partial charge in [0.05, 0.1) is 0 Å². The first-order valence-corrected chi connectivity index (χ1v) is 12.2. The normalized spacial score (nSPS) is 20.1. The van der Waals surface area contributed by atoms with Crippen LogP contribution in [0.5, 0.6) is 0 Å². The fourth-order valence-corrected chi connectivity index (χ4v) is 4.73. The van der Waals surface area contributed by atoms with Gasteiger partial charge in [0.25, 0.3) is 5.91 Å². The molecular weight excluding hydrogens is 410 g/mol. The fourth-order valence-electron chi connectivity index (χ4n) is 4.73. The molecule has 1 amide bonds. The van der Waals surface area contributed by atoms with Crippen LogP contribution < -0.4 is 15.5 Å². The SMILES string of the molecule is C=C(C)C(/N=C(\C)C(=O)NC1CCCCC1)=C(\N=C/C)N1CC(CCNC)c2ccccc21. The number of rotatable bonds is 9. The maximum Gasteiger partial charge on any atom is 0.265 e.